The van der Waals surface area contributed by atoms with Gasteiger partial charge in [0.25, 0.3) is 0 Å². The van der Waals surface area contributed by atoms with Gasteiger partial charge in [0.05, 0.1) is 28.6 Å². The van der Waals surface area contributed by atoms with Gasteiger partial charge in [0.15, 0.2) is 0 Å². The van der Waals surface area contributed by atoms with Gasteiger partial charge in [0.1, 0.15) is 5.75 Å². The first-order valence-corrected chi connectivity index (χ1v) is 13.0. The molecule has 1 aliphatic heterocycles. The van der Waals surface area contributed by atoms with Crippen LogP contribution in [0.15, 0.2) is 52.2 Å². The highest BCUT2D eigenvalue weighted by molar-refractivity contribution is 7.89. The molecular formula is C23H27N3O5S2. The summed E-state index contributed by atoms with van der Waals surface area (Å²) in [5, 5.41) is 0. The predicted molar refractivity (Wildman–Crippen MR) is 129 cm³/mol. The number of amides is 1. The Kier molecular flexibility index (Phi) is 6.60. The number of sulfonamides is 1. The lowest BCUT2D eigenvalue weighted by atomic mass is 10.1. The minimum Gasteiger partial charge on any atom is -0.497 e. The molecular weight excluding hydrogens is 462 g/mol. The molecule has 1 fully saturated rings. The number of ether oxygens (including phenoxy) is 1. The summed E-state index contributed by atoms with van der Waals surface area (Å²) in [5.74, 6) is 0.656. The summed E-state index contributed by atoms with van der Waals surface area (Å²) in [4.78, 5) is 26.8. The van der Waals surface area contributed by atoms with Gasteiger partial charge in [-0.3, -0.25) is 14.2 Å². The van der Waals surface area contributed by atoms with E-state index in [0.29, 0.717) is 23.5 Å². The van der Waals surface area contributed by atoms with Crippen molar-refractivity contribution in [1.29, 1.82) is 0 Å². The molecule has 4 rings (SSSR count). The lowest BCUT2D eigenvalue weighted by molar-refractivity contribution is -0.131. The summed E-state index contributed by atoms with van der Waals surface area (Å²) < 4.78 is 35.4. The largest absolute Gasteiger partial charge is 0.497 e. The number of methoxy groups -OCH3 is 1. The highest BCUT2D eigenvalue weighted by atomic mass is 32.2. The minimum atomic E-state index is -3.72. The number of benzene rings is 2. The van der Waals surface area contributed by atoms with Crippen molar-refractivity contribution in [2.45, 2.75) is 31.2 Å². The van der Waals surface area contributed by atoms with Gasteiger partial charge in [0.2, 0.25) is 15.9 Å². The van der Waals surface area contributed by atoms with E-state index in [1.807, 2.05) is 38.1 Å². The Morgan fingerprint density at radius 2 is 1.82 bits per heavy atom. The zero-order valence-electron chi connectivity index (χ0n) is 18.9. The second-order valence-corrected chi connectivity index (χ2v) is 11.2. The number of hydrogen-bond donors (Lipinski definition) is 0. The van der Waals surface area contributed by atoms with Crippen LogP contribution in [0.5, 0.6) is 5.75 Å². The van der Waals surface area contributed by atoms with Gasteiger partial charge in [-0.15, -0.1) is 0 Å². The SMILES string of the molecule is COc1cccc(CC(=O)N2CCN(S(=O)(=O)c3ccc4c(c3)sc(=O)n4C(C)C)CC2)c1. The first-order valence-electron chi connectivity index (χ1n) is 10.8. The van der Waals surface area contributed by atoms with Crippen molar-refractivity contribution in [2.75, 3.05) is 33.3 Å². The van der Waals surface area contributed by atoms with Crippen LogP contribution < -0.4 is 9.61 Å². The van der Waals surface area contributed by atoms with Crippen molar-refractivity contribution >= 4 is 37.5 Å². The van der Waals surface area contributed by atoms with E-state index in [4.69, 9.17) is 4.74 Å². The Labute approximate surface area is 197 Å². The highest BCUT2D eigenvalue weighted by Gasteiger charge is 2.30. The number of nitrogens with zero attached hydrogens (tertiary/aromatic N) is 3. The fraction of sp³-hybridized carbons (Fsp3) is 0.391. The smallest absolute Gasteiger partial charge is 0.308 e. The molecule has 0 atom stereocenters. The summed E-state index contributed by atoms with van der Waals surface area (Å²) in [5.41, 5.74) is 1.60. The van der Waals surface area contributed by atoms with Gasteiger partial charge in [-0.25, -0.2) is 8.42 Å². The van der Waals surface area contributed by atoms with E-state index in [2.05, 4.69) is 0 Å². The molecule has 3 aromatic rings. The first kappa shape index (κ1) is 23.5. The second kappa shape index (κ2) is 9.28. The van der Waals surface area contributed by atoms with Gasteiger partial charge in [-0.2, -0.15) is 4.31 Å². The zero-order valence-corrected chi connectivity index (χ0v) is 20.5. The van der Waals surface area contributed by atoms with Crippen LogP contribution in [0.3, 0.4) is 0 Å². The fourth-order valence-corrected chi connectivity index (χ4v) is 6.64. The van der Waals surface area contributed by atoms with E-state index in [1.165, 1.54) is 4.31 Å². The molecule has 2 aromatic carbocycles. The van der Waals surface area contributed by atoms with E-state index < -0.39 is 10.0 Å². The van der Waals surface area contributed by atoms with E-state index in [-0.39, 0.29) is 41.2 Å². The normalized spacial score (nSPS) is 15.3. The summed E-state index contributed by atoms with van der Waals surface area (Å²) in [7, 11) is -2.14. The number of piperazine rings is 1. The van der Waals surface area contributed by atoms with E-state index in [0.717, 1.165) is 22.4 Å². The van der Waals surface area contributed by atoms with Crippen LogP contribution in [0, 0.1) is 0 Å². The molecule has 0 bridgehead atoms. The third-order valence-electron chi connectivity index (χ3n) is 5.82. The Hall–Kier alpha value is -2.69. The van der Waals surface area contributed by atoms with E-state index in [1.54, 1.807) is 34.8 Å². The third kappa shape index (κ3) is 4.68. The molecule has 0 N–H and O–H groups in total. The van der Waals surface area contributed by atoms with Crippen molar-refractivity contribution in [1.82, 2.24) is 13.8 Å². The topological polar surface area (TPSA) is 88.9 Å². The molecule has 2 heterocycles. The zero-order chi connectivity index (χ0) is 23.8. The van der Waals surface area contributed by atoms with Gasteiger partial charge in [0, 0.05) is 32.2 Å². The van der Waals surface area contributed by atoms with E-state index >= 15 is 0 Å². The predicted octanol–water partition coefficient (Wildman–Crippen LogP) is 2.73. The molecule has 0 unspecified atom stereocenters. The van der Waals surface area contributed by atoms with Crippen LogP contribution in [0.25, 0.3) is 10.2 Å². The van der Waals surface area contributed by atoms with Gasteiger partial charge >= 0.3 is 4.87 Å². The maximum Gasteiger partial charge on any atom is 0.308 e. The van der Waals surface area contributed by atoms with Gasteiger partial charge < -0.3 is 9.64 Å². The number of carbonyl (C=O) groups excluding carboxylic acids is 1. The van der Waals surface area contributed by atoms with Crippen LogP contribution >= 0.6 is 11.3 Å². The summed E-state index contributed by atoms with van der Waals surface area (Å²) in [6, 6.07) is 12.2. The van der Waals surface area contributed by atoms with E-state index in [9.17, 15) is 18.0 Å². The molecule has 1 saturated heterocycles. The average molecular weight is 490 g/mol. The molecule has 10 heteroatoms. The maximum absolute atomic E-state index is 13.2. The Morgan fingerprint density at radius 1 is 1.09 bits per heavy atom. The molecule has 0 spiro atoms. The maximum atomic E-state index is 13.2. The number of carbonyl (C=O) groups is 1. The van der Waals surface area contributed by atoms with Crippen LogP contribution in [0.2, 0.25) is 0 Å². The standard InChI is InChI=1S/C23H27N3O5S2/c1-16(2)26-20-8-7-19(15-21(20)32-23(26)28)33(29,30)25-11-9-24(10-12-25)22(27)14-17-5-4-6-18(13-17)31-3/h4-8,13,15-16H,9-12,14H2,1-3H3. The molecule has 0 aliphatic carbocycles. The van der Waals surface area contributed by atoms with Gasteiger partial charge in [-0.1, -0.05) is 23.5 Å². The van der Waals surface area contributed by atoms with Crippen molar-refractivity contribution in [3.8, 4) is 5.75 Å². The molecule has 1 amide bonds. The molecule has 1 aliphatic rings. The fourth-order valence-electron chi connectivity index (χ4n) is 4.06. The van der Waals surface area contributed by atoms with Crippen molar-refractivity contribution < 1.29 is 17.9 Å². The first-order chi connectivity index (χ1) is 15.7. The molecule has 1 aromatic heterocycles. The lowest BCUT2D eigenvalue weighted by Gasteiger charge is -2.34. The van der Waals surface area contributed by atoms with Crippen LogP contribution in [-0.2, 0) is 21.2 Å². The highest BCUT2D eigenvalue weighted by Crippen LogP contribution is 2.26. The third-order valence-corrected chi connectivity index (χ3v) is 8.63. The monoisotopic (exact) mass is 489 g/mol. The summed E-state index contributed by atoms with van der Waals surface area (Å²) >= 11 is 1.05. The number of fused-ring (bicyclic) bond motifs is 1. The summed E-state index contributed by atoms with van der Waals surface area (Å²) in [6.07, 6.45) is 0.242. The number of rotatable bonds is 6. The Morgan fingerprint density at radius 3 is 2.48 bits per heavy atom. The number of aromatic nitrogens is 1. The lowest BCUT2D eigenvalue weighted by Crippen LogP contribution is -2.50. The Balaban J connectivity index is 1.45. The second-order valence-electron chi connectivity index (χ2n) is 8.27. The van der Waals surface area contributed by atoms with Crippen molar-refractivity contribution in [3.63, 3.8) is 0 Å². The van der Waals surface area contributed by atoms with Crippen LogP contribution in [-0.4, -0.2) is 61.4 Å². The van der Waals surface area contributed by atoms with Crippen LogP contribution in [0.1, 0.15) is 25.5 Å². The molecule has 176 valence electrons. The number of thiazole rings is 1. The molecule has 0 saturated carbocycles. The quantitative estimate of drug-likeness (QED) is 0.531. The Bertz CT molecular complexity index is 1340. The average Bonchev–Trinajstić information content (AvgIpc) is 3.14. The van der Waals surface area contributed by atoms with Crippen molar-refractivity contribution in [2.24, 2.45) is 0 Å². The van der Waals surface area contributed by atoms with Crippen molar-refractivity contribution in [3.05, 3.63) is 57.7 Å². The molecule has 33 heavy (non-hydrogen) atoms. The number of hydrogen-bond acceptors (Lipinski definition) is 6. The van der Waals surface area contributed by atoms with Gasteiger partial charge in [-0.05, 0) is 49.7 Å². The van der Waals surface area contributed by atoms with Crippen LogP contribution in [0.4, 0.5) is 0 Å². The summed E-state index contributed by atoms with van der Waals surface area (Å²) in [6.45, 7) is 4.98. The minimum absolute atomic E-state index is 0.00343. The molecule has 0 radical (unpaired) electrons. The molecule has 8 nitrogen and oxygen atoms in total.